The Morgan fingerprint density at radius 1 is 1.10 bits per heavy atom. The highest BCUT2D eigenvalue weighted by molar-refractivity contribution is 5.85. The maximum Gasteiger partial charge on any atom is 0.328 e. The number of hydrogen-bond donors (Lipinski definition) is 2. The van der Waals surface area contributed by atoms with E-state index in [9.17, 15) is 14.7 Å². The van der Waals surface area contributed by atoms with Gasteiger partial charge in [-0.1, -0.05) is 66.7 Å². The molecule has 1 fully saturated rings. The Balaban J connectivity index is 1.60. The van der Waals surface area contributed by atoms with Crippen molar-refractivity contribution in [1.29, 1.82) is 0 Å². The number of carbonyl (C=O) groups excluding carboxylic acids is 1. The molecule has 0 saturated carbocycles. The van der Waals surface area contributed by atoms with Crippen molar-refractivity contribution in [2.24, 2.45) is 0 Å². The first-order chi connectivity index (χ1) is 14.0. The van der Waals surface area contributed by atoms with Crippen molar-refractivity contribution >= 4 is 18.0 Å². The molecule has 1 amide bonds. The van der Waals surface area contributed by atoms with Crippen molar-refractivity contribution in [1.82, 2.24) is 4.90 Å². The first-order valence-electron chi connectivity index (χ1n) is 9.71. The molecule has 1 heterocycles. The number of aliphatic hydroxyl groups is 1. The number of aliphatic hydroxyl groups excluding tert-OH is 1. The molecule has 2 aromatic rings. The quantitative estimate of drug-likeness (QED) is 0.534. The fraction of sp³-hybridized carbons (Fsp3) is 0.250. The van der Waals surface area contributed by atoms with E-state index in [-0.39, 0.29) is 11.9 Å². The fourth-order valence-electron chi connectivity index (χ4n) is 3.44. The molecule has 0 aliphatic carbocycles. The summed E-state index contributed by atoms with van der Waals surface area (Å²) in [5.74, 6) is -0.882. The minimum Gasteiger partial charge on any atom is -0.478 e. The number of aliphatic carboxylic acids is 1. The molecule has 2 unspecified atom stereocenters. The smallest absolute Gasteiger partial charge is 0.328 e. The summed E-state index contributed by atoms with van der Waals surface area (Å²) in [5.41, 5.74) is 2.85. The van der Waals surface area contributed by atoms with Gasteiger partial charge in [-0.25, -0.2) is 4.79 Å². The van der Waals surface area contributed by atoms with Gasteiger partial charge < -0.3 is 15.1 Å². The van der Waals surface area contributed by atoms with Crippen molar-refractivity contribution < 1.29 is 19.8 Å². The molecule has 150 valence electrons. The number of carboxylic acids is 1. The second kappa shape index (κ2) is 9.85. The van der Waals surface area contributed by atoms with E-state index in [1.807, 2.05) is 65.6 Å². The zero-order valence-electron chi connectivity index (χ0n) is 16.1. The minimum atomic E-state index is -0.985. The van der Waals surface area contributed by atoms with Gasteiger partial charge in [0.1, 0.15) is 0 Å². The number of nitrogens with zero attached hydrogens (tertiary/aromatic N) is 1. The van der Waals surface area contributed by atoms with Crippen molar-refractivity contribution in [3.8, 4) is 0 Å². The van der Waals surface area contributed by atoms with E-state index in [4.69, 9.17) is 5.11 Å². The Bertz CT molecular complexity index is 887. The van der Waals surface area contributed by atoms with Crippen LogP contribution >= 0.6 is 0 Å². The fourth-order valence-corrected chi connectivity index (χ4v) is 3.44. The molecule has 1 aliphatic heterocycles. The number of amides is 1. The van der Waals surface area contributed by atoms with Gasteiger partial charge in [0.2, 0.25) is 5.91 Å². The summed E-state index contributed by atoms with van der Waals surface area (Å²) in [6.07, 6.45) is 7.55. The van der Waals surface area contributed by atoms with Gasteiger partial charge in [0.05, 0.1) is 12.1 Å². The van der Waals surface area contributed by atoms with Gasteiger partial charge in [-0.2, -0.15) is 0 Å². The third-order valence-corrected chi connectivity index (χ3v) is 4.97. The van der Waals surface area contributed by atoms with Gasteiger partial charge in [0.25, 0.3) is 0 Å². The second-order valence-corrected chi connectivity index (χ2v) is 7.18. The van der Waals surface area contributed by atoms with Crippen molar-refractivity contribution in [3.05, 3.63) is 89.5 Å². The van der Waals surface area contributed by atoms with Crippen LogP contribution in [0.4, 0.5) is 0 Å². The first kappa shape index (κ1) is 20.6. The molecule has 29 heavy (non-hydrogen) atoms. The molecule has 5 nitrogen and oxygen atoms in total. The van der Waals surface area contributed by atoms with Crippen LogP contribution in [-0.4, -0.2) is 39.1 Å². The normalized spacial score (nSPS) is 18.0. The molecule has 2 N–H and O–H groups in total. The summed E-state index contributed by atoms with van der Waals surface area (Å²) in [5, 5.41) is 19.0. The lowest BCUT2D eigenvalue weighted by molar-refractivity contribution is -0.131. The molecule has 0 spiro atoms. The molecule has 1 aliphatic rings. The highest BCUT2D eigenvalue weighted by Crippen LogP contribution is 2.23. The molecule has 1 saturated heterocycles. The molecule has 0 radical (unpaired) electrons. The SMILES string of the molecule is O=C(O)C=Cc1ccc(CN2C(=O)CCC2C=CC(O)Cc2ccccc2)cc1. The number of rotatable bonds is 8. The maximum atomic E-state index is 12.3. The second-order valence-electron chi connectivity index (χ2n) is 7.18. The van der Waals surface area contributed by atoms with E-state index in [2.05, 4.69) is 0 Å². The molecular weight excluding hydrogens is 366 g/mol. The van der Waals surface area contributed by atoms with Gasteiger partial charge in [-0.3, -0.25) is 4.79 Å². The lowest BCUT2D eigenvalue weighted by Gasteiger charge is -2.23. The van der Waals surface area contributed by atoms with E-state index >= 15 is 0 Å². The van der Waals surface area contributed by atoms with Crippen LogP contribution in [0.15, 0.2) is 72.8 Å². The van der Waals surface area contributed by atoms with Crippen LogP contribution in [0.5, 0.6) is 0 Å². The number of carbonyl (C=O) groups is 2. The third-order valence-electron chi connectivity index (χ3n) is 4.97. The zero-order valence-corrected chi connectivity index (χ0v) is 16.1. The van der Waals surface area contributed by atoms with E-state index in [1.165, 1.54) is 6.08 Å². The summed E-state index contributed by atoms with van der Waals surface area (Å²) in [4.78, 5) is 24.7. The summed E-state index contributed by atoms with van der Waals surface area (Å²) in [6, 6.07) is 17.3. The van der Waals surface area contributed by atoms with Crippen LogP contribution < -0.4 is 0 Å². The van der Waals surface area contributed by atoms with Gasteiger partial charge in [0, 0.05) is 25.5 Å². The average molecular weight is 391 g/mol. The summed E-state index contributed by atoms with van der Waals surface area (Å²) in [6.45, 7) is 0.492. The molecule has 5 heteroatoms. The topological polar surface area (TPSA) is 77.8 Å². The van der Waals surface area contributed by atoms with Gasteiger partial charge >= 0.3 is 5.97 Å². The van der Waals surface area contributed by atoms with Crippen LogP contribution in [0, 0.1) is 0 Å². The van der Waals surface area contributed by atoms with Crippen LogP contribution in [-0.2, 0) is 22.6 Å². The van der Waals surface area contributed by atoms with Crippen LogP contribution in [0.25, 0.3) is 6.08 Å². The largest absolute Gasteiger partial charge is 0.478 e. The number of likely N-dealkylation sites (tertiary alicyclic amines) is 1. The third kappa shape index (κ3) is 6.16. The van der Waals surface area contributed by atoms with E-state index in [0.717, 1.165) is 29.2 Å². The lowest BCUT2D eigenvalue weighted by Crippen LogP contribution is -2.31. The van der Waals surface area contributed by atoms with E-state index in [0.29, 0.717) is 19.4 Å². The highest BCUT2D eigenvalue weighted by atomic mass is 16.4. The molecule has 3 rings (SSSR count). The van der Waals surface area contributed by atoms with Gasteiger partial charge in [0.15, 0.2) is 0 Å². The Kier molecular flexibility index (Phi) is 6.98. The average Bonchev–Trinajstić information content (AvgIpc) is 3.06. The Labute approximate surface area is 170 Å². The van der Waals surface area contributed by atoms with Crippen LogP contribution in [0.1, 0.15) is 29.5 Å². The molecule has 2 atom stereocenters. The van der Waals surface area contributed by atoms with Crippen molar-refractivity contribution in [3.63, 3.8) is 0 Å². The Morgan fingerprint density at radius 2 is 1.83 bits per heavy atom. The molecule has 0 aromatic heterocycles. The molecule has 0 bridgehead atoms. The van der Waals surface area contributed by atoms with Crippen molar-refractivity contribution in [2.45, 2.75) is 38.0 Å². The van der Waals surface area contributed by atoms with Gasteiger partial charge in [-0.05, 0) is 29.2 Å². The number of carboxylic acid groups (broad SMARTS) is 1. The summed E-state index contributed by atoms with van der Waals surface area (Å²) < 4.78 is 0. The maximum absolute atomic E-state index is 12.3. The lowest BCUT2D eigenvalue weighted by atomic mass is 10.1. The van der Waals surface area contributed by atoms with E-state index < -0.39 is 12.1 Å². The van der Waals surface area contributed by atoms with Crippen LogP contribution in [0.2, 0.25) is 0 Å². The number of benzene rings is 2. The van der Waals surface area contributed by atoms with E-state index in [1.54, 1.807) is 6.08 Å². The summed E-state index contributed by atoms with van der Waals surface area (Å²) >= 11 is 0. The standard InChI is InChI=1S/C24H25NO4/c26-22(16-19-4-2-1-3-5-19)13-11-21-12-14-23(27)25(21)17-20-8-6-18(7-9-20)10-15-24(28)29/h1-11,13,15,21-22,26H,12,14,16-17H2,(H,28,29). The predicted molar refractivity (Wildman–Crippen MR) is 112 cm³/mol. The molecule has 2 aromatic carbocycles. The Morgan fingerprint density at radius 3 is 2.52 bits per heavy atom. The predicted octanol–water partition coefficient (Wildman–Crippen LogP) is 3.44. The van der Waals surface area contributed by atoms with Gasteiger partial charge in [-0.15, -0.1) is 0 Å². The van der Waals surface area contributed by atoms with Crippen molar-refractivity contribution in [2.75, 3.05) is 0 Å². The zero-order chi connectivity index (χ0) is 20.6. The van der Waals surface area contributed by atoms with Crippen LogP contribution in [0.3, 0.4) is 0 Å². The summed E-state index contributed by atoms with van der Waals surface area (Å²) in [7, 11) is 0. The molecular formula is C24H25NO4. The number of hydrogen-bond acceptors (Lipinski definition) is 3. The minimum absolute atomic E-state index is 0.0282. The first-order valence-corrected chi connectivity index (χ1v) is 9.71. The highest BCUT2D eigenvalue weighted by Gasteiger charge is 2.29. The monoisotopic (exact) mass is 391 g/mol. The Hall–Kier alpha value is -3.18.